The second kappa shape index (κ2) is 5.69. The molecule has 0 aromatic heterocycles. The Hall–Kier alpha value is -1.14. The summed E-state index contributed by atoms with van der Waals surface area (Å²) in [6.45, 7) is 1.76. The van der Waals surface area contributed by atoms with Crippen LogP contribution in [0.4, 0.5) is 0 Å². The van der Waals surface area contributed by atoms with Gasteiger partial charge in [-0.05, 0) is 32.1 Å². The van der Waals surface area contributed by atoms with Crippen LogP contribution in [-0.4, -0.2) is 59.8 Å². The quantitative estimate of drug-likeness (QED) is 0.771. The molecule has 0 radical (unpaired) electrons. The van der Waals surface area contributed by atoms with E-state index in [0.717, 1.165) is 25.7 Å². The number of carboxylic acid groups (broad SMARTS) is 1. The lowest BCUT2D eigenvalue weighted by molar-refractivity contribution is -0.143. The van der Waals surface area contributed by atoms with E-state index in [1.165, 1.54) is 0 Å². The Kier molecular flexibility index (Phi) is 3.94. The van der Waals surface area contributed by atoms with E-state index in [2.05, 4.69) is 10.2 Å². The Morgan fingerprint density at radius 3 is 2.60 bits per heavy atom. The maximum Gasteiger partial charge on any atom is 0.308 e. The van der Waals surface area contributed by atoms with Crippen LogP contribution < -0.4 is 5.32 Å². The second-order valence-electron chi connectivity index (χ2n) is 6.11. The van der Waals surface area contributed by atoms with Crippen LogP contribution in [-0.2, 0) is 14.3 Å². The molecule has 3 rings (SSSR count). The largest absolute Gasteiger partial charge is 0.481 e. The van der Waals surface area contributed by atoms with Gasteiger partial charge in [-0.25, -0.2) is 0 Å². The van der Waals surface area contributed by atoms with Crippen molar-refractivity contribution in [3.8, 4) is 0 Å². The Morgan fingerprint density at radius 1 is 1.20 bits per heavy atom. The van der Waals surface area contributed by atoms with Crippen molar-refractivity contribution in [3.05, 3.63) is 0 Å². The number of ether oxygens (including phenoxy) is 1. The van der Waals surface area contributed by atoms with Gasteiger partial charge in [0.15, 0.2) is 0 Å². The van der Waals surface area contributed by atoms with Gasteiger partial charge < -0.3 is 15.2 Å². The molecule has 0 aromatic carbocycles. The molecule has 1 amide bonds. The van der Waals surface area contributed by atoms with E-state index in [4.69, 9.17) is 4.74 Å². The summed E-state index contributed by atoms with van der Waals surface area (Å²) in [6.07, 6.45) is 4.38. The molecule has 3 aliphatic rings. The lowest BCUT2D eigenvalue weighted by atomic mass is 9.89. The molecule has 2 bridgehead atoms. The summed E-state index contributed by atoms with van der Waals surface area (Å²) in [4.78, 5) is 25.4. The van der Waals surface area contributed by atoms with E-state index in [-0.39, 0.29) is 30.0 Å². The molecule has 3 heterocycles. The van der Waals surface area contributed by atoms with Crippen LogP contribution in [0.1, 0.15) is 32.1 Å². The van der Waals surface area contributed by atoms with E-state index in [9.17, 15) is 14.7 Å². The molecular formula is C14H22N2O4. The van der Waals surface area contributed by atoms with Gasteiger partial charge in [-0.1, -0.05) is 0 Å². The topological polar surface area (TPSA) is 78.9 Å². The zero-order valence-corrected chi connectivity index (χ0v) is 11.6. The van der Waals surface area contributed by atoms with E-state index < -0.39 is 5.97 Å². The van der Waals surface area contributed by atoms with Crippen molar-refractivity contribution >= 4 is 11.9 Å². The van der Waals surface area contributed by atoms with Gasteiger partial charge in [-0.2, -0.15) is 0 Å². The molecule has 3 atom stereocenters. The molecule has 3 unspecified atom stereocenters. The molecule has 0 aliphatic carbocycles. The number of hydrogen-bond acceptors (Lipinski definition) is 4. The molecule has 3 aliphatic heterocycles. The summed E-state index contributed by atoms with van der Waals surface area (Å²) in [5.41, 5.74) is 0. The summed E-state index contributed by atoms with van der Waals surface area (Å²) in [5.74, 6) is -0.975. The Morgan fingerprint density at radius 2 is 1.95 bits per heavy atom. The number of carbonyl (C=O) groups excluding carboxylic acids is 1. The molecule has 2 N–H and O–H groups in total. The molecule has 6 nitrogen and oxygen atoms in total. The Bertz CT molecular complexity index is 395. The minimum atomic E-state index is -0.716. The number of carboxylic acids is 1. The smallest absolute Gasteiger partial charge is 0.308 e. The summed E-state index contributed by atoms with van der Waals surface area (Å²) in [6, 6.07) is 0.547. The van der Waals surface area contributed by atoms with Gasteiger partial charge in [0.25, 0.3) is 0 Å². The first-order valence-corrected chi connectivity index (χ1v) is 7.51. The van der Waals surface area contributed by atoms with E-state index in [1.54, 1.807) is 0 Å². The predicted octanol–water partition coefficient (Wildman–Crippen LogP) is 0.219. The predicted molar refractivity (Wildman–Crippen MR) is 71.2 cm³/mol. The summed E-state index contributed by atoms with van der Waals surface area (Å²) >= 11 is 0. The van der Waals surface area contributed by atoms with Crippen molar-refractivity contribution in [2.24, 2.45) is 5.92 Å². The molecule has 3 saturated heterocycles. The maximum absolute atomic E-state index is 12.1. The first-order chi connectivity index (χ1) is 9.65. The van der Waals surface area contributed by atoms with Crippen LogP contribution in [0, 0.1) is 5.92 Å². The molecule has 0 saturated carbocycles. The number of nitrogens with one attached hydrogen (secondary N) is 1. The van der Waals surface area contributed by atoms with Gasteiger partial charge in [0, 0.05) is 31.3 Å². The standard InChI is InChI=1S/C14H22N2O4/c17-13(15-9-3-5-20-6-4-9)8-16-10-1-2-12(16)11(7-10)14(18)19/h9-12H,1-8H2,(H,15,17)(H,18,19). The molecular weight excluding hydrogens is 260 g/mol. The first-order valence-electron chi connectivity index (χ1n) is 7.51. The van der Waals surface area contributed by atoms with Crippen molar-refractivity contribution in [1.82, 2.24) is 10.2 Å². The van der Waals surface area contributed by atoms with Gasteiger partial charge >= 0.3 is 5.97 Å². The lowest BCUT2D eigenvalue weighted by Gasteiger charge is -2.26. The average Bonchev–Trinajstić information content (AvgIpc) is 2.97. The van der Waals surface area contributed by atoms with Gasteiger partial charge in [0.05, 0.1) is 12.5 Å². The number of hydrogen-bond donors (Lipinski definition) is 2. The third kappa shape index (κ3) is 2.67. The molecule has 3 fully saturated rings. The first kappa shape index (κ1) is 13.8. The monoisotopic (exact) mass is 282 g/mol. The van der Waals surface area contributed by atoms with Crippen LogP contribution in [0.2, 0.25) is 0 Å². The maximum atomic E-state index is 12.1. The molecule has 20 heavy (non-hydrogen) atoms. The number of fused-ring (bicyclic) bond motifs is 2. The number of amides is 1. The zero-order valence-electron chi connectivity index (χ0n) is 11.6. The van der Waals surface area contributed by atoms with Crippen LogP contribution in [0.5, 0.6) is 0 Å². The number of aliphatic carboxylic acids is 1. The summed E-state index contributed by atoms with van der Waals surface area (Å²) in [5, 5.41) is 12.3. The average molecular weight is 282 g/mol. The molecule has 0 spiro atoms. The molecule has 0 aromatic rings. The summed E-state index contributed by atoms with van der Waals surface area (Å²) in [7, 11) is 0. The number of nitrogens with zero attached hydrogens (tertiary/aromatic N) is 1. The van der Waals surface area contributed by atoms with Gasteiger partial charge in [0.1, 0.15) is 0 Å². The van der Waals surface area contributed by atoms with Crippen LogP contribution >= 0.6 is 0 Å². The third-order valence-corrected chi connectivity index (χ3v) is 4.91. The fourth-order valence-corrected chi connectivity index (χ4v) is 3.89. The molecule has 6 heteroatoms. The van der Waals surface area contributed by atoms with Crippen LogP contribution in [0.15, 0.2) is 0 Å². The van der Waals surface area contributed by atoms with Crippen molar-refractivity contribution in [2.45, 2.75) is 50.2 Å². The zero-order chi connectivity index (χ0) is 14.1. The van der Waals surface area contributed by atoms with Crippen LogP contribution in [0.3, 0.4) is 0 Å². The van der Waals surface area contributed by atoms with Crippen molar-refractivity contribution in [1.29, 1.82) is 0 Å². The van der Waals surface area contributed by atoms with E-state index >= 15 is 0 Å². The van der Waals surface area contributed by atoms with Crippen molar-refractivity contribution in [2.75, 3.05) is 19.8 Å². The Labute approximate surface area is 118 Å². The molecule has 112 valence electrons. The van der Waals surface area contributed by atoms with E-state index in [0.29, 0.717) is 26.2 Å². The fourth-order valence-electron chi connectivity index (χ4n) is 3.89. The second-order valence-corrected chi connectivity index (χ2v) is 6.11. The van der Waals surface area contributed by atoms with Crippen molar-refractivity contribution in [3.63, 3.8) is 0 Å². The van der Waals surface area contributed by atoms with Crippen LogP contribution in [0.25, 0.3) is 0 Å². The minimum Gasteiger partial charge on any atom is -0.481 e. The lowest BCUT2D eigenvalue weighted by Crippen LogP contribution is -2.46. The SMILES string of the molecule is O=C(CN1C2CCC1C(C(=O)O)C2)NC1CCOCC1. The van der Waals surface area contributed by atoms with Gasteiger partial charge in [-0.15, -0.1) is 0 Å². The third-order valence-electron chi connectivity index (χ3n) is 4.91. The highest BCUT2D eigenvalue weighted by Crippen LogP contribution is 2.41. The number of rotatable bonds is 4. The highest BCUT2D eigenvalue weighted by atomic mass is 16.5. The highest BCUT2D eigenvalue weighted by molar-refractivity contribution is 5.79. The van der Waals surface area contributed by atoms with Crippen molar-refractivity contribution < 1.29 is 19.4 Å². The Balaban J connectivity index is 1.53. The number of carbonyl (C=O) groups is 2. The van der Waals surface area contributed by atoms with E-state index in [1.807, 2.05) is 0 Å². The highest BCUT2D eigenvalue weighted by Gasteiger charge is 2.49. The normalized spacial score (nSPS) is 34.3. The fraction of sp³-hybridized carbons (Fsp3) is 0.857. The van der Waals surface area contributed by atoms with Gasteiger partial charge in [0.2, 0.25) is 5.91 Å². The minimum absolute atomic E-state index is 0.0276. The summed E-state index contributed by atoms with van der Waals surface area (Å²) < 4.78 is 5.27. The van der Waals surface area contributed by atoms with Gasteiger partial charge in [-0.3, -0.25) is 14.5 Å².